The van der Waals surface area contributed by atoms with Gasteiger partial charge in [0.25, 0.3) is 0 Å². The quantitative estimate of drug-likeness (QED) is 0.834. The Kier molecular flexibility index (Phi) is 3.07. The second kappa shape index (κ2) is 4.92. The number of nitrogens with one attached hydrogen (secondary N) is 1. The number of aromatic amines is 1. The molecule has 2 aliphatic rings. The van der Waals surface area contributed by atoms with Crippen molar-refractivity contribution in [3.8, 4) is 0 Å². The predicted molar refractivity (Wildman–Crippen MR) is 84.1 cm³/mol. The molecule has 1 N–H and O–H groups in total. The Morgan fingerprint density at radius 2 is 2.15 bits per heavy atom. The number of aromatic nitrogens is 1. The first-order valence-electron chi connectivity index (χ1n) is 8.17. The standard InChI is InChI=1S/C18H24N2/c1-2-13-7-8-14-11-18-16(9-10-20(14)12-13)15-5-3-4-6-17(15)19-18/h3-6,13-14,19H,2,7-12H2,1H3/t13-,14-/m1/s1. The molecule has 2 heteroatoms. The van der Waals surface area contributed by atoms with Crippen LogP contribution in [0, 0.1) is 5.92 Å². The Hall–Kier alpha value is -1.28. The van der Waals surface area contributed by atoms with Crippen LogP contribution in [0.2, 0.25) is 0 Å². The average Bonchev–Trinajstić information content (AvgIpc) is 2.73. The lowest BCUT2D eigenvalue weighted by molar-refractivity contribution is 0.110. The van der Waals surface area contributed by atoms with Gasteiger partial charge < -0.3 is 4.98 Å². The maximum atomic E-state index is 3.69. The number of hydrogen-bond donors (Lipinski definition) is 1. The second-order valence-corrected chi connectivity index (χ2v) is 6.58. The van der Waals surface area contributed by atoms with Crippen LogP contribution in [0.4, 0.5) is 0 Å². The molecule has 0 spiro atoms. The number of para-hydroxylation sites is 1. The first kappa shape index (κ1) is 12.5. The minimum Gasteiger partial charge on any atom is -0.358 e. The monoisotopic (exact) mass is 268 g/mol. The molecular weight excluding hydrogens is 244 g/mol. The van der Waals surface area contributed by atoms with Gasteiger partial charge in [0, 0.05) is 42.1 Å². The fourth-order valence-corrected chi connectivity index (χ4v) is 4.23. The van der Waals surface area contributed by atoms with Gasteiger partial charge in [0.15, 0.2) is 0 Å². The van der Waals surface area contributed by atoms with Gasteiger partial charge in [0.05, 0.1) is 0 Å². The van der Waals surface area contributed by atoms with Crippen molar-refractivity contribution in [2.75, 3.05) is 13.1 Å². The summed E-state index contributed by atoms with van der Waals surface area (Å²) in [4.78, 5) is 6.45. The molecule has 0 aliphatic carbocycles. The molecule has 1 saturated heterocycles. The number of H-pyrrole nitrogens is 1. The molecule has 2 nitrogen and oxygen atoms in total. The molecule has 2 aliphatic heterocycles. The molecule has 2 atom stereocenters. The second-order valence-electron chi connectivity index (χ2n) is 6.58. The highest BCUT2D eigenvalue weighted by Gasteiger charge is 2.31. The Bertz CT molecular complexity index is 613. The van der Waals surface area contributed by atoms with Crippen LogP contribution in [-0.2, 0) is 12.8 Å². The van der Waals surface area contributed by atoms with Gasteiger partial charge in [-0.15, -0.1) is 0 Å². The number of nitrogens with zero attached hydrogens (tertiary/aromatic N) is 1. The van der Waals surface area contributed by atoms with Gasteiger partial charge >= 0.3 is 0 Å². The Morgan fingerprint density at radius 1 is 1.25 bits per heavy atom. The molecule has 4 rings (SSSR count). The zero-order valence-corrected chi connectivity index (χ0v) is 12.4. The van der Waals surface area contributed by atoms with Gasteiger partial charge in [-0.05, 0) is 36.8 Å². The summed E-state index contributed by atoms with van der Waals surface area (Å²) < 4.78 is 0. The molecule has 1 aromatic carbocycles. The maximum Gasteiger partial charge on any atom is 0.0458 e. The van der Waals surface area contributed by atoms with Gasteiger partial charge in [0.2, 0.25) is 0 Å². The van der Waals surface area contributed by atoms with E-state index in [0.717, 1.165) is 12.0 Å². The third-order valence-corrected chi connectivity index (χ3v) is 5.49. The summed E-state index contributed by atoms with van der Waals surface area (Å²) in [6, 6.07) is 9.57. The molecular formula is C18H24N2. The summed E-state index contributed by atoms with van der Waals surface area (Å²) in [6.45, 7) is 4.91. The van der Waals surface area contributed by atoms with Crippen molar-refractivity contribution < 1.29 is 0 Å². The van der Waals surface area contributed by atoms with E-state index >= 15 is 0 Å². The van der Waals surface area contributed by atoms with Crippen LogP contribution in [0.15, 0.2) is 24.3 Å². The summed E-state index contributed by atoms with van der Waals surface area (Å²) in [7, 11) is 0. The zero-order chi connectivity index (χ0) is 13.5. The molecule has 0 saturated carbocycles. The highest BCUT2D eigenvalue weighted by Crippen LogP contribution is 2.32. The van der Waals surface area contributed by atoms with E-state index in [1.165, 1.54) is 61.8 Å². The van der Waals surface area contributed by atoms with Crippen LogP contribution in [0.1, 0.15) is 37.4 Å². The highest BCUT2D eigenvalue weighted by molar-refractivity contribution is 5.84. The highest BCUT2D eigenvalue weighted by atomic mass is 15.2. The fraction of sp³-hybridized carbons (Fsp3) is 0.556. The van der Waals surface area contributed by atoms with Crippen LogP contribution in [-0.4, -0.2) is 29.0 Å². The SMILES string of the molecule is CC[C@@H]1CC[C@@H]2Cc3[nH]c4ccccc4c3CCN2C1. The zero-order valence-electron chi connectivity index (χ0n) is 12.4. The molecule has 0 unspecified atom stereocenters. The van der Waals surface area contributed by atoms with Crippen molar-refractivity contribution in [1.29, 1.82) is 0 Å². The van der Waals surface area contributed by atoms with Crippen molar-refractivity contribution in [2.24, 2.45) is 5.92 Å². The van der Waals surface area contributed by atoms with Crippen LogP contribution < -0.4 is 0 Å². The van der Waals surface area contributed by atoms with Gasteiger partial charge in [-0.3, -0.25) is 4.90 Å². The van der Waals surface area contributed by atoms with Crippen LogP contribution in [0.3, 0.4) is 0 Å². The molecule has 1 aromatic heterocycles. The molecule has 106 valence electrons. The molecule has 0 bridgehead atoms. The van der Waals surface area contributed by atoms with Gasteiger partial charge in [0.1, 0.15) is 0 Å². The van der Waals surface area contributed by atoms with Gasteiger partial charge in [-0.1, -0.05) is 31.5 Å². The van der Waals surface area contributed by atoms with Crippen molar-refractivity contribution >= 4 is 10.9 Å². The minimum absolute atomic E-state index is 0.770. The van der Waals surface area contributed by atoms with Gasteiger partial charge in [-0.25, -0.2) is 0 Å². The van der Waals surface area contributed by atoms with Crippen LogP contribution >= 0.6 is 0 Å². The van der Waals surface area contributed by atoms with E-state index in [0.29, 0.717) is 0 Å². The molecule has 0 radical (unpaired) electrons. The van der Waals surface area contributed by atoms with Gasteiger partial charge in [-0.2, -0.15) is 0 Å². The first-order chi connectivity index (χ1) is 9.85. The number of hydrogen-bond acceptors (Lipinski definition) is 1. The smallest absolute Gasteiger partial charge is 0.0458 e. The normalized spacial score (nSPS) is 27.1. The third kappa shape index (κ3) is 1.98. The summed E-state index contributed by atoms with van der Waals surface area (Å²) in [5, 5.41) is 1.45. The summed E-state index contributed by atoms with van der Waals surface area (Å²) >= 11 is 0. The van der Waals surface area contributed by atoms with E-state index < -0.39 is 0 Å². The molecule has 3 heterocycles. The van der Waals surface area contributed by atoms with E-state index in [4.69, 9.17) is 0 Å². The maximum absolute atomic E-state index is 3.69. The molecule has 0 amide bonds. The average molecular weight is 268 g/mol. The van der Waals surface area contributed by atoms with Crippen LogP contribution in [0.5, 0.6) is 0 Å². The third-order valence-electron chi connectivity index (χ3n) is 5.49. The number of rotatable bonds is 1. The van der Waals surface area contributed by atoms with Crippen LogP contribution in [0.25, 0.3) is 10.9 Å². The molecule has 20 heavy (non-hydrogen) atoms. The Balaban J connectivity index is 1.66. The molecule has 1 fully saturated rings. The Morgan fingerprint density at radius 3 is 3.05 bits per heavy atom. The lowest BCUT2D eigenvalue weighted by Crippen LogP contribution is -2.44. The number of piperidine rings is 1. The molecule has 2 aromatic rings. The van der Waals surface area contributed by atoms with Crippen molar-refractivity contribution in [3.05, 3.63) is 35.5 Å². The van der Waals surface area contributed by atoms with E-state index in [-0.39, 0.29) is 0 Å². The first-order valence-corrected chi connectivity index (χ1v) is 8.17. The number of fused-ring (bicyclic) bond motifs is 4. The fourth-order valence-electron chi connectivity index (χ4n) is 4.23. The van der Waals surface area contributed by atoms with E-state index in [2.05, 4.69) is 41.1 Å². The van der Waals surface area contributed by atoms with Crippen molar-refractivity contribution in [1.82, 2.24) is 9.88 Å². The number of benzene rings is 1. The minimum atomic E-state index is 0.770. The van der Waals surface area contributed by atoms with E-state index in [9.17, 15) is 0 Å². The Labute approximate surface area is 121 Å². The lowest BCUT2D eigenvalue weighted by atomic mass is 9.89. The predicted octanol–water partition coefficient (Wildman–Crippen LogP) is 3.76. The topological polar surface area (TPSA) is 19.0 Å². The van der Waals surface area contributed by atoms with Crippen molar-refractivity contribution in [2.45, 2.75) is 45.1 Å². The van der Waals surface area contributed by atoms with Crippen molar-refractivity contribution in [3.63, 3.8) is 0 Å². The van der Waals surface area contributed by atoms with E-state index in [1.54, 1.807) is 5.56 Å². The summed E-state index contributed by atoms with van der Waals surface area (Å²) in [6.07, 6.45) is 6.59. The summed E-state index contributed by atoms with van der Waals surface area (Å²) in [5.74, 6) is 0.930. The van der Waals surface area contributed by atoms with E-state index in [1.807, 2.05) is 0 Å². The summed E-state index contributed by atoms with van der Waals surface area (Å²) in [5.41, 5.74) is 4.42. The largest absolute Gasteiger partial charge is 0.358 e. The lowest BCUT2D eigenvalue weighted by Gasteiger charge is -2.38.